The first kappa shape index (κ1) is 9.66. The lowest BCUT2D eigenvalue weighted by Gasteiger charge is -2.09. The van der Waals surface area contributed by atoms with Crippen LogP contribution in [0.3, 0.4) is 0 Å². The predicted molar refractivity (Wildman–Crippen MR) is 47.5 cm³/mol. The quantitative estimate of drug-likeness (QED) is 0.539. The molecule has 0 aromatic carbocycles. The number of aliphatic hydroxyl groups is 1. The zero-order chi connectivity index (χ0) is 7.28. The molecule has 0 aromatic rings. The average molecular weight is 166 g/mol. The van der Waals surface area contributed by atoms with E-state index in [-0.39, 0.29) is 6.61 Å². The first-order valence-electron chi connectivity index (χ1n) is 3.13. The van der Waals surface area contributed by atoms with Crippen molar-refractivity contribution in [2.24, 2.45) is 0 Å². The molecule has 0 fully saturated rings. The van der Waals surface area contributed by atoms with Gasteiger partial charge in [0.25, 0.3) is 0 Å². The van der Waals surface area contributed by atoms with Crippen molar-refractivity contribution in [3.8, 4) is 0 Å². The van der Waals surface area contributed by atoms with E-state index < -0.39 is 0 Å². The van der Waals surface area contributed by atoms with Crippen LogP contribution < -0.4 is 0 Å². The molecule has 56 valence electrons. The van der Waals surface area contributed by atoms with Crippen LogP contribution in [0.1, 0.15) is 19.8 Å². The second-order valence-corrected chi connectivity index (χ2v) is 3.86. The van der Waals surface area contributed by atoms with Crippen LogP contribution in [0.2, 0.25) is 0 Å². The highest BCUT2D eigenvalue weighted by molar-refractivity contribution is 7.81. The Kier molecular flexibility index (Phi) is 5.84. The number of hydrogen-bond acceptors (Lipinski definition) is 3. The zero-order valence-electron chi connectivity index (χ0n) is 5.62. The third kappa shape index (κ3) is 6.55. The largest absolute Gasteiger partial charge is 0.396 e. The minimum Gasteiger partial charge on any atom is -0.396 e. The standard InChI is InChI=1S/C6H14OS2/c1-5(8)4-6(9)2-3-7/h5-9H,2-4H2,1H3. The minimum atomic E-state index is 0.231. The van der Waals surface area contributed by atoms with E-state index in [9.17, 15) is 0 Å². The highest BCUT2D eigenvalue weighted by Gasteiger charge is 2.04. The second-order valence-electron chi connectivity index (χ2n) is 2.25. The molecule has 0 saturated heterocycles. The van der Waals surface area contributed by atoms with Crippen LogP contribution in [-0.4, -0.2) is 22.2 Å². The van der Waals surface area contributed by atoms with Crippen LogP contribution in [0.5, 0.6) is 0 Å². The summed E-state index contributed by atoms with van der Waals surface area (Å²) in [6, 6.07) is 0. The molecule has 1 nitrogen and oxygen atoms in total. The lowest BCUT2D eigenvalue weighted by atomic mass is 10.2. The molecule has 0 aromatic heterocycles. The number of hydrogen-bond donors (Lipinski definition) is 3. The molecule has 0 aliphatic heterocycles. The van der Waals surface area contributed by atoms with Crippen LogP contribution in [0.4, 0.5) is 0 Å². The van der Waals surface area contributed by atoms with Crippen molar-refractivity contribution in [1.29, 1.82) is 0 Å². The second kappa shape index (κ2) is 5.45. The smallest absolute Gasteiger partial charge is 0.0441 e. The number of thiol groups is 2. The van der Waals surface area contributed by atoms with Gasteiger partial charge in [-0.3, -0.25) is 0 Å². The fraction of sp³-hybridized carbons (Fsp3) is 1.00. The van der Waals surface area contributed by atoms with Gasteiger partial charge in [-0.25, -0.2) is 0 Å². The number of rotatable bonds is 4. The Morgan fingerprint density at radius 1 is 1.44 bits per heavy atom. The Hall–Kier alpha value is 0.660. The maximum atomic E-state index is 8.48. The van der Waals surface area contributed by atoms with Gasteiger partial charge in [-0.05, 0) is 18.1 Å². The van der Waals surface area contributed by atoms with E-state index in [1.807, 2.05) is 6.92 Å². The molecule has 0 rings (SSSR count). The molecule has 2 unspecified atom stereocenters. The van der Waals surface area contributed by atoms with E-state index in [1.54, 1.807) is 0 Å². The third-order valence-corrected chi connectivity index (χ3v) is 1.76. The fourth-order valence-electron chi connectivity index (χ4n) is 0.661. The van der Waals surface area contributed by atoms with Gasteiger partial charge in [0.2, 0.25) is 0 Å². The lowest BCUT2D eigenvalue weighted by molar-refractivity contribution is 0.286. The molecule has 0 bridgehead atoms. The predicted octanol–water partition coefficient (Wildman–Crippen LogP) is 1.38. The van der Waals surface area contributed by atoms with Crippen molar-refractivity contribution < 1.29 is 5.11 Å². The highest BCUT2D eigenvalue weighted by Crippen LogP contribution is 2.11. The minimum absolute atomic E-state index is 0.231. The Bertz CT molecular complexity index is 66.1. The Morgan fingerprint density at radius 3 is 2.33 bits per heavy atom. The molecule has 0 amide bonds. The van der Waals surface area contributed by atoms with Crippen molar-refractivity contribution in [1.82, 2.24) is 0 Å². The topological polar surface area (TPSA) is 20.2 Å². The molecule has 9 heavy (non-hydrogen) atoms. The van der Waals surface area contributed by atoms with Gasteiger partial charge in [0.1, 0.15) is 0 Å². The molecule has 1 N–H and O–H groups in total. The molecular formula is C6H14OS2. The first-order valence-corrected chi connectivity index (χ1v) is 4.17. The van der Waals surface area contributed by atoms with Gasteiger partial charge >= 0.3 is 0 Å². The van der Waals surface area contributed by atoms with Crippen molar-refractivity contribution in [3.05, 3.63) is 0 Å². The molecular weight excluding hydrogens is 152 g/mol. The van der Waals surface area contributed by atoms with E-state index in [0.29, 0.717) is 10.5 Å². The van der Waals surface area contributed by atoms with E-state index in [1.165, 1.54) is 0 Å². The third-order valence-electron chi connectivity index (χ3n) is 1.08. The molecule has 0 spiro atoms. The van der Waals surface area contributed by atoms with Crippen molar-refractivity contribution in [3.63, 3.8) is 0 Å². The van der Waals surface area contributed by atoms with Gasteiger partial charge in [0, 0.05) is 11.9 Å². The van der Waals surface area contributed by atoms with Crippen LogP contribution in [-0.2, 0) is 0 Å². The van der Waals surface area contributed by atoms with Gasteiger partial charge in [-0.2, -0.15) is 25.3 Å². The van der Waals surface area contributed by atoms with Crippen LogP contribution in [0, 0.1) is 0 Å². The Labute approximate surface area is 67.7 Å². The summed E-state index contributed by atoms with van der Waals surface area (Å²) >= 11 is 8.44. The summed E-state index contributed by atoms with van der Waals surface area (Å²) in [6.45, 7) is 2.26. The van der Waals surface area contributed by atoms with E-state index in [2.05, 4.69) is 25.3 Å². The molecule has 0 heterocycles. The van der Waals surface area contributed by atoms with Gasteiger partial charge < -0.3 is 5.11 Å². The highest BCUT2D eigenvalue weighted by atomic mass is 32.1. The van der Waals surface area contributed by atoms with Gasteiger partial charge in [0.15, 0.2) is 0 Å². The SMILES string of the molecule is CC(S)CC(S)CCO. The summed E-state index contributed by atoms with van der Waals surface area (Å²) in [4.78, 5) is 0. The maximum absolute atomic E-state index is 8.48. The van der Waals surface area contributed by atoms with Crippen molar-refractivity contribution >= 4 is 25.3 Å². The van der Waals surface area contributed by atoms with Gasteiger partial charge in [-0.15, -0.1) is 0 Å². The van der Waals surface area contributed by atoms with Crippen molar-refractivity contribution in [2.75, 3.05) is 6.61 Å². The summed E-state index contributed by atoms with van der Waals surface area (Å²) < 4.78 is 0. The molecule has 0 aliphatic carbocycles. The number of aliphatic hydroxyl groups excluding tert-OH is 1. The molecule has 2 atom stereocenters. The molecule has 0 saturated carbocycles. The zero-order valence-corrected chi connectivity index (χ0v) is 7.41. The summed E-state index contributed by atoms with van der Waals surface area (Å²) in [7, 11) is 0. The van der Waals surface area contributed by atoms with Crippen LogP contribution in [0.25, 0.3) is 0 Å². The monoisotopic (exact) mass is 166 g/mol. The van der Waals surface area contributed by atoms with E-state index in [4.69, 9.17) is 5.11 Å². The Morgan fingerprint density at radius 2 is 2.00 bits per heavy atom. The van der Waals surface area contributed by atoms with Crippen LogP contribution in [0.15, 0.2) is 0 Å². The summed E-state index contributed by atoms with van der Waals surface area (Å²) in [6.07, 6.45) is 1.74. The fourth-order valence-corrected chi connectivity index (χ4v) is 1.51. The van der Waals surface area contributed by atoms with Crippen LogP contribution >= 0.6 is 25.3 Å². The summed E-state index contributed by atoms with van der Waals surface area (Å²) in [5, 5.41) is 9.17. The molecule has 0 radical (unpaired) electrons. The molecule has 3 heteroatoms. The maximum Gasteiger partial charge on any atom is 0.0441 e. The summed E-state index contributed by atoms with van der Waals surface area (Å²) in [5.74, 6) is 0. The first-order chi connectivity index (χ1) is 4.16. The lowest BCUT2D eigenvalue weighted by Crippen LogP contribution is -2.07. The van der Waals surface area contributed by atoms with Gasteiger partial charge in [0.05, 0.1) is 0 Å². The van der Waals surface area contributed by atoms with Gasteiger partial charge in [-0.1, -0.05) is 6.92 Å². The summed E-state index contributed by atoms with van der Waals surface area (Å²) in [5.41, 5.74) is 0. The average Bonchev–Trinajstić information content (AvgIpc) is 1.63. The van der Waals surface area contributed by atoms with E-state index in [0.717, 1.165) is 12.8 Å². The Balaban J connectivity index is 3.15. The normalized spacial score (nSPS) is 17.3. The van der Waals surface area contributed by atoms with Crippen molar-refractivity contribution in [2.45, 2.75) is 30.3 Å². The van der Waals surface area contributed by atoms with E-state index >= 15 is 0 Å². The molecule has 0 aliphatic rings.